The van der Waals surface area contributed by atoms with Crippen LogP contribution < -0.4 is 10.8 Å². The van der Waals surface area contributed by atoms with Crippen molar-refractivity contribution in [2.24, 2.45) is 17.7 Å². The Morgan fingerprint density at radius 3 is 2.08 bits per heavy atom. The van der Waals surface area contributed by atoms with Crippen molar-refractivity contribution in [3.05, 3.63) is 23.4 Å². The van der Waals surface area contributed by atoms with Crippen LogP contribution in [-0.4, -0.2) is 29.2 Å². The number of nitrogens with two attached hydrogens (primary N) is 1. The normalized spacial score (nSPS) is 21.6. The molecule has 1 saturated heterocycles. The fourth-order valence-corrected chi connectivity index (χ4v) is 3.19. The number of alkyl halides is 2. The quantitative estimate of drug-likeness (QED) is 0.766. The van der Waals surface area contributed by atoms with Gasteiger partial charge in [0, 0.05) is 18.8 Å². The third kappa shape index (κ3) is 5.35. The van der Waals surface area contributed by atoms with Gasteiger partial charge in [0.25, 0.3) is 5.92 Å². The summed E-state index contributed by atoms with van der Waals surface area (Å²) in [6.07, 6.45) is 3.05. The molecule has 0 spiro atoms. The third-order valence-corrected chi connectivity index (χ3v) is 4.43. The lowest BCUT2D eigenvalue weighted by atomic mass is 10.1. The number of rotatable bonds is 4. The molecule has 6 heteroatoms. The highest BCUT2D eigenvalue weighted by atomic mass is 19.3. The van der Waals surface area contributed by atoms with Crippen LogP contribution in [0.25, 0.3) is 0 Å². The summed E-state index contributed by atoms with van der Waals surface area (Å²) < 4.78 is 26.4. The molecule has 146 valence electrons. The molecule has 3 N–H and O–H groups in total. The van der Waals surface area contributed by atoms with Crippen LogP contribution in [0, 0.1) is 11.8 Å². The molecule has 2 fully saturated rings. The second-order valence-electron chi connectivity index (χ2n) is 5.67. The zero-order valence-corrected chi connectivity index (χ0v) is 16.5. The summed E-state index contributed by atoms with van der Waals surface area (Å²) in [4.78, 5) is 6.69. The first kappa shape index (κ1) is 23.7. The number of hydrogen-bond acceptors (Lipinski definition) is 4. The highest BCUT2D eigenvalue weighted by Crippen LogP contribution is 2.59. The smallest absolute Gasteiger partial charge is 0.258 e. The highest BCUT2D eigenvalue weighted by molar-refractivity contribution is 5.45. The van der Waals surface area contributed by atoms with E-state index in [9.17, 15) is 8.78 Å². The van der Waals surface area contributed by atoms with Gasteiger partial charge in [0.15, 0.2) is 0 Å². The van der Waals surface area contributed by atoms with E-state index >= 15 is 0 Å². The summed E-state index contributed by atoms with van der Waals surface area (Å²) in [5.74, 6) is 1.09. The van der Waals surface area contributed by atoms with Crippen LogP contribution in [0.2, 0.25) is 0 Å². The molecular weight excluding hydrogens is 324 g/mol. The molecule has 1 saturated carbocycles. The van der Waals surface area contributed by atoms with E-state index in [2.05, 4.69) is 30.8 Å². The summed E-state index contributed by atoms with van der Waals surface area (Å²) in [5.41, 5.74) is 2.41. The molecular formula is C19H35F2N3O. The predicted molar refractivity (Wildman–Crippen MR) is 100 cm³/mol. The molecule has 4 nitrogen and oxygen atoms in total. The molecule has 2 atom stereocenters. The van der Waals surface area contributed by atoms with Crippen molar-refractivity contribution in [3.63, 3.8) is 0 Å². The SMILES string of the molecule is CC.CC.CCCc1ccc(N2CC3C(C2)C3(F)F)nc1CC.NO. The third-order valence-electron chi connectivity index (χ3n) is 4.43. The van der Waals surface area contributed by atoms with Gasteiger partial charge in [-0.1, -0.05) is 54.0 Å². The molecule has 2 unspecified atom stereocenters. The highest BCUT2D eigenvalue weighted by Gasteiger charge is 2.71. The van der Waals surface area contributed by atoms with Crippen molar-refractivity contribution in [2.75, 3.05) is 18.0 Å². The van der Waals surface area contributed by atoms with Gasteiger partial charge in [-0.2, -0.15) is 0 Å². The lowest BCUT2D eigenvalue weighted by Crippen LogP contribution is -2.28. The van der Waals surface area contributed by atoms with E-state index in [1.807, 2.05) is 38.7 Å². The molecule has 0 bridgehead atoms. The number of anilines is 1. The van der Waals surface area contributed by atoms with Crippen molar-refractivity contribution in [2.45, 2.75) is 66.7 Å². The Balaban J connectivity index is 0.000000871. The van der Waals surface area contributed by atoms with Crippen molar-refractivity contribution in [1.82, 2.24) is 4.98 Å². The van der Waals surface area contributed by atoms with Crippen molar-refractivity contribution in [3.8, 4) is 0 Å². The molecule has 1 aromatic heterocycles. The monoisotopic (exact) mass is 359 g/mol. The number of aryl methyl sites for hydroxylation is 2. The van der Waals surface area contributed by atoms with Crippen LogP contribution in [0.15, 0.2) is 12.1 Å². The molecule has 2 aliphatic rings. The van der Waals surface area contributed by atoms with Gasteiger partial charge >= 0.3 is 0 Å². The van der Waals surface area contributed by atoms with Crippen LogP contribution in [0.5, 0.6) is 0 Å². The maximum atomic E-state index is 13.2. The molecule has 0 aromatic carbocycles. The second kappa shape index (κ2) is 11.4. The average molecular weight is 360 g/mol. The van der Waals surface area contributed by atoms with E-state index in [1.165, 1.54) is 5.56 Å². The summed E-state index contributed by atoms with van der Waals surface area (Å²) >= 11 is 0. The van der Waals surface area contributed by atoms with Gasteiger partial charge in [-0.15, -0.1) is 0 Å². The van der Waals surface area contributed by atoms with Gasteiger partial charge in [0.1, 0.15) is 5.82 Å². The lowest BCUT2D eigenvalue weighted by molar-refractivity contribution is 0.0797. The molecule has 3 rings (SSSR count). The van der Waals surface area contributed by atoms with E-state index in [4.69, 9.17) is 5.21 Å². The second-order valence-corrected chi connectivity index (χ2v) is 5.67. The molecule has 2 heterocycles. The number of pyridine rings is 1. The summed E-state index contributed by atoms with van der Waals surface area (Å²) in [6, 6.07) is 4.11. The van der Waals surface area contributed by atoms with E-state index in [1.54, 1.807) is 0 Å². The van der Waals surface area contributed by atoms with Gasteiger partial charge in [-0.05, 0) is 24.5 Å². The maximum Gasteiger partial charge on any atom is 0.258 e. The van der Waals surface area contributed by atoms with Gasteiger partial charge < -0.3 is 10.1 Å². The Morgan fingerprint density at radius 1 is 1.12 bits per heavy atom. The number of aromatic nitrogens is 1. The van der Waals surface area contributed by atoms with Crippen molar-refractivity contribution in [1.29, 1.82) is 0 Å². The standard InChI is InChI=1S/C15H20F2N2.2C2H6.H3NO/c1-3-5-10-6-7-14(18-13(10)4-2)19-8-11-12(9-19)15(11,16)17;3*1-2/h6-7,11-12H,3-5,8-9H2,1-2H3;2*1-2H3;2H,1H2. The number of nitrogens with zero attached hydrogens (tertiary/aromatic N) is 2. The minimum absolute atomic E-state index is 0.435. The van der Waals surface area contributed by atoms with Crippen molar-refractivity contribution >= 4 is 5.82 Å². The largest absolute Gasteiger partial charge is 0.356 e. The van der Waals surface area contributed by atoms with E-state index in [0.717, 1.165) is 30.8 Å². The van der Waals surface area contributed by atoms with Crippen LogP contribution in [0.1, 0.15) is 59.2 Å². The van der Waals surface area contributed by atoms with Crippen LogP contribution in [0.3, 0.4) is 0 Å². The molecule has 1 aliphatic carbocycles. The summed E-state index contributed by atoms with van der Waals surface area (Å²) in [5, 5.41) is 6.50. The number of piperidine rings is 1. The number of hydrogen-bond donors (Lipinski definition) is 2. The Bertz CT molecular complexity index is 484. The first-order valence-electron chi connectivity index (χ1n) is 9.45. The first-order valence-corrected chi connectivity index (χ1v) is 9.45. The fraction of sp³-hybridized carbons (Fsp3) is 0.737. The molecule has 25 heavy (non-hydrogen) atoms. The van der Waals surface area contributed by atoms with Crippen LogP contribution >= 0.6 is 0 Å². The summed E-state index contributed by atoms with van der Waals surface area (Å²) in [7, 11) is 0. The van der Waals surface area contributed by atoms with Crippen LogP contribution in [-0.2, 0) is 12.8 Å². The first-order chi connectivity index (χ1) is 12.1. The Hall–Kier alpha value is -1.27. The van der Waals surface area contributed by atoms with Crippen LogP contribution in [0.4, 0.5) is 14.6 Å². The molecule has 1 aromatic rings. The van der Waals surface area contributed by atoms with Gasteiger partial charge in [0.2, 0.25) is 0 Å². The Morgan fingerprint density at radius 2 is 1.64 bits per heavy atom. The van der Waals surface area contributed by atoms with Crippen molar-refractivity contribution < 1.29 is 14.0 Å². The van der Waals surface area contributed by atoms with E-state index in [-0.39, 0.29) is 0 Å². The van der Waals surface area contributed by atoms with Gasteiger partial charge in [0.05, 0.1) is 11.8 Å². The minimum Gasteiger partial charge on any atom is -0.356 e. The zero-order chi connectivity index (χ0) is 19.6. The van der Waals surface area contributed by atoms with Gasteiger partial charge in [-0.3, -0.25) is 0 Å². The molecule has 1 aliphatic heterocycles. The lowest BCUT2D eigenvalue weighted by Gasteiger charge is -2.22. The zero-order valence-electron chi connectivity index (χ0n) is 16.5. The predicted octanol–water partition coefficient (Wildman–Crippen LogP) is 4.68. The maximum absolute atomic E-state index is 13.2. The van der Waals surface area contributed by atoms with Gasteiger partial charge in [-0.25, -0.2) is 19.7 Å². The fourth-order valence-electron chi connectivity index (χ4n) is 3.19. The molecule has 0 radical (unpaired) electrons. The average Bonchev–Trinajstić information content (AvgIpc) is 3.01. The summed E-state index contributed by atoms with van der Waals surface area (Å²) in [6.45, 7) is 13.2. The van der Waals surface area contributed by atoms with E-state index < -0.39 is 17.8 Å². The minimum atomic E-state index is -2.41. The molecule has 0 amide bonds. The Labute approximate surface area is 151 Å². The number of halogens is 2. The van der Waals surface area contributed by atoms with E-state index in [0.29, 0.717) is 13.1 Å². The topological polar surface area (TPSA) is 62.4 Å². The number of fused-ring (bicyclic) bond motifs is 1. The Kier molecular flexibility index (Phi) is 10.8.